The van der Waals surface area contributed by atoms with Crippen LogP contribution in [0.1, 0.15) is 38.5 Å². The minimum atomic E-state index is 0.0836. The maximum absolute atomic E-state index is 12.2. The second-order valence-corrected chi connectivity index (χ2v) is 6.39. The fourth-order valence-electron chi connectivity index (χ4n) is 2.65. The number of aryl methyl sites for hydroxylation is 2. The van der Waals surface area contributed by atoms with Gasteiger partial charge >= 0.3 is 0 Å². The lowest BCUT2D eigenvalue weighted by atomic mass is 9.99. The number of benzene rings is 1. The smallest absolute Gasteiger partial charge is 0.261 e. The molecule has 3 rings (SSSR count). The predicted octanol–water partition coefficient (Wildman–Crippen LogP) is 3.60. The quantitative estimate of drug-likeness (QED) is 0.913. The maximum atomic E-state index is 12.2. The van der Waals surface area contributed by atoms with Gasteiger partial charge in [0.2, 0.25) is 0 Å². The van der Waals surface area contributed by atoms with Crippen LogP contribution in [0.25, 0.3) is 0 Å². The third kappa shape index (κ3) is 3.10. The zero-order valence-corrected chi connectivity index (χ0v) is 12.3. The van der Waals surface area contributed by atoms with Gasteiger partial charge in [-0.05, 0) is 49.3 Å². The highest BCUT2D eigenvalue weighted by Crippen LogP contribution is 2.29. The van der Waals surface area contributed by atoms with Gasteiger partial charge in [0.05, 0.1) is 4.88 Å². The van der Waals surface area contributed by atoms with Gasteiger partial charge in [-0.1, -0.05) is 30.3 Å². The van der Waals surface area contributed by atoms with Gasteiger partial charge < -0.3 is 5.32 Å². The number of thiophene rings is 1. The van der Waals surface area contributed by atoms with Crippen LogP contribution in [0.2, 0.25) is 0 Å². The summed E-state index contributed by atoms with van der Waals surface area (Å²) in [6.07, 6.45) is 5.71. The van der Waals surface area contributed by atoms with Gasteiger partial charge in [0.15, 0.2) is 0 Å². The average Bonchev–Trinajstić information content (AvgIpc) is 2.92. The molecule has 1 aromatic heterocycles. The van der Waals surface area contributed by atoms with Crippen LogP contribution in [-0.4, -0.2) is 12.5 Å². The first-order valence-corrected chi connectivity index (χ1v) is 8.08. The summed E-state index contributed by atoms with van der Waals surface area (Å²) < 4.78 is 0. The Morgan fingerprint density at radius 1 is 1.15 bits per heavy atom. The van der Waals surface area contributed by atoms with E-state index in [9.17, 15) is 4.79 Å². The van der Waals surface area contributed by atoms with Crippen LogP contribution >= 0.6 is 11.3 Å². The molecule has 1 aliphatic rings. The van der Waals surface area contributed by atoms with Crippen molar-refractivity contribution in [1.82, 2.24) is 5.32 Å². The molecule has 0 atom stereocenters. The van der Waals surface area contributed by atoms with Crippen LogP contribution < -0.4 is 5.32 Å². The zero-order chi connectivity index (χ0) is 13.8. The molecular formula is C17H19NOS. The molecule has 0 bridgehead atoms. The Kier molecular flexibility index (Phi) is 4.16. The molecular weight excluding hydrogens is 266 g/mol. The summed E-state index contributed by atoms with van der Waals surface area (Å²) in [7, 11) is 0. The van der Waals surface area contributed by atoms with Crippen LogP contribution in [0.5, 0.6) is 0 Å². The van der Waals surface area contributed by atoms with Crippen molar-refractivity contribution in [2.45, 2.75) is 32.1 Å². The summed E-state index contributed by atoms with van der Waals surface area (Å²) in [5.41, 5.74) is 2.66. The topological polar surface area (TPSA) is 29.1 Å². The summed E-state index contributed by atoms with van der Waals surface area (Å²) in [6.45, 7) is 0.700. The Morgan fingerprint density at radius 3 is 2.75 bits per heavy atom. The van der Waals surface area contributed by atoms with E-state index >= 15 is 0 Å². The van der Waals surface area contributed by atoms with Crippen molar-refractivity contribution >= 4 is 17.2 Å². The molecule has 1 N–H and O–H groups in total. The average molecular weight is 285 g/mol. The largest absolute Gasteiger partial charge is 0.351 e. The molecule has 0 spiro atoms. The van der Waals surface area contributed by atoms with Crippen molar-refractivity contribution in [2.75, 3.05) is 6.54 Å². The SMILES string of the molecule is O=C(NCCc1ccccc1)c1cc2c(s1)CCCC2. The first-order chi connectivity index (χ1) is 9.83. The fourth-order valence-corrected chi connectivity index (χ4v) is 3.82. The molecule has 1 aliphatic carbocycles. The third-order valence-electron chi connectivity index (χ3n) is 3.76. The Hall–Kier alpha value is -1.61. The molecule has 20 heavy (non-hydrogen) atoms. The number of fused-ring (bicyclic) bond motifs is 1. The molecule has 1 amide bonds. The molecule has 1 aromatic carbocycles. The highest BCUT2D eigenvalue weighted by molar-refractivity contribution is 7.14. The number of hydrogen-bond donors (Lipinski definition) is 1. The van der Waals surface area contributed by atoms with Gasteiger partial charge in [-0.2, -0.15) is 0 Å². The van der Waals surface area contributed by atoms with E-state index < -0.39 is 0 Å². The van der Waals surface area contributed by atoms with E-state index in [0.717, 1.165) is 24.1 Å². The van der Waals surface area contributed by atoms with Crippen LogP contribution in [-0.2, 0) is 19.3 Å². The number of carbonyl (C=O) groups excluding carboxylic acids is 1. The van der Waals surface area contributed by atoms with Gasteiger partial charge in [-0.15, -0.1) is 11.3 Å². The Morgan fingerprint density at radius 2 is 1.95 bits per heavy atom. The predicted molar refractivity (Wildman–Crippen MR) is 83.4 cm³/mol. The molecule has 0 saturated heterocycles. The lowest BCUT2D eigenvalue weighted by Gasteiger charge is -2.08. The lowest BCUT2D eigenvalue weighted by molar-refractivity contribution is 0.0958. The van der Waals surface area contributed by atoms with Crippen molar-refractivity contribution in [2.24, 2.45) is 0 Å². The number of rotatable bonds is 4. The third-order valence-corrected chi connectivity index (χ3v) is 5.00. The molecule has 0 unspecified atom stereocenters. The number of hydrogen-bond acceptors (Lipinski definition) is 2. The van der Waals surface area contributed by atoms with Crippen molar-refractivity contribution in [3.8, 4) is 0 Å². The van der Waals surface area contributed by atoms with Crippen LogP contribution in [0.15, 0.2) is 36.4 Å². The molecule has 0 saturated carbocycles. The Bertz CT molecular complexity index is 565. The van der Waals surface area contributed by atoms with E-state index in [1.165, 1.54) is 28.8 Å². The first-order valence-electron chi connectivity index (χ1n) is 7.26. The second kappa shape index (κ2) is 6.23. The normalized spacial score (nSPS) is 13.8. The summed E-state index contributed by atoms with van der Waals surface area (Å²) in [6, 6.07) is 12.4. The van der Waals surface area contributed by atoms with E-state index in [1.54, 1.807) is 11.3 Å². The van der Waals surface area contributed by atoms with Crippen molar-refractivity contribution in [3.05, 3.63) is 57.3 Å². The van der Waals surface area contributed by atoms with E-state index in [1.807, 2.05) is 18.2 Å². The molecule has 2 nitrogen and oxygen atoms in total. The minimum absolute atomic E-state index is 0.0836. The summed E-state index contributed by atoms with van der Waals surface area (Å²) >= 11 is 1.68. The summed E-state index contributed by atoms with van der Waals surface area (Å²) in [5.74, 6) is 0.0836. The Labute approximate surface area is 123 Å². The molecule has 104 valence electrons. The summed E-state index contributed by atoms with van der Waals surface area (Å²) in [4.78, 5) is 14.5. The molecule has 0 aliphatic heterocycles. The van der Waals surface area contributed by atoms with Crippen molar-refractivity contribution < 1.29 is 4.79 Å². The van der Waals surface area contributed by atoms with E-state index in [-0.39, 0.29) is 5.91 Å². The van der Waals surface area contributed by atoms with E-state index in [0.29, 0.717) is 6.54 Å². The van der Waals surface area contributed by atoms with Gasteiger partial charge in [-0.3, -0.25) is 4.79 Å². The van der Waals surface area contributed by atoms with E-state index in [4.69, 9.17) is 0 Å². The molecule has 2 aromatic rings. The van der Waals surface area contributed by atoms with Crippen molar-refractivity contribution in [1.29, 1.82) is 0 Å². The van der Waals surface area contributed by atoms with Gasteiger partial charge in [-0.25, -0.2) is 0 Å². The van der Waals surface area contributed by atoms with Crippen LogP contribution in [0.4, 0.5) is 0 Å². The van der Waals surface area contributed by atoms with Crippen LogP contribution in [0.3, 0.4) is 0 Å². The zero-order valence-electron chi connectivity index (χ0n) is 11.5. The summed E-state index contributed by atoms with van der Waals surface area (Å²) in [5, 5.41) is 3.03. The Balaban J connectivity index is 1.55. The highest BCUT2D eigenvalue weighted by atomic mass is 32.1. The fraction of sp³-hybridized carbons (Fsp3) is 0.353. The maximum Gasteiger partial charge on any atom is 0.261 e. The van der Waals surface area contributed by atoms with E-state index in [2.05, 4.69) is 23.5 Å². The van der Waals surface area contributed by atoms with Gasteiger partial charge in [0, 0.05) is 11.4 Å². The number of carbonyl (C=O) groups is 1. The van der Waals surface area contributed by atoms with Gasteiger partial charge in [0.1, 0.15) is 0 Å². The minimum Gasteiger partial charge on any atom is -0.351 e. The highest BCUT2D eigenvalue weighted by Gasteiger charge is 2.16. The van der Waals surface area contributed by atoms with Crippen molar-refractivity contribution in [3.63, 3.8) is 0 Å². The van der Waals surface area contributed by atoms with Crippen LogP contribution in [0, 0.1) is 0 Å². The monoisotopic (exact) mass is 285 g/mol. The second-order valence-electron chi connectivity index (χ2n) is 5.26. The molecule has 0 fully saturated rings. The lowest BCUT2D eigenvalue weighted by Crippen LogP contribution is -2.24. The molecule has 1 heterocycles. The standard InChI is InChI=1S/C17H19NOS/c19-17(18-11-10-13-6-2-1-3-7-13)16-12-14-8-4-5-9-15(14)20-16/h1-3,6-7,12H,4-5,8-11H2,(H,18,19). The molecule has 0 radical (unpaired) electrons. The molecule has 3 heteroatoms. The number of amides is 1. The number of nitrogens with one attached hydrogen (secondary N) is 1. The van der Waals surface area contributed by atoms with Gasteiger partial charge in [0.25, 0.3) is 5.91 Å². The first kappa shape index (κ1) is 13.4.